The Bertz CT molecular complexity index is 701. The maximum Gasteiger partial charge on any atom is 0.322 e. The zero-order valence-electron chi connectivity index (χ0n) is 13.2. The summed E-state index contributed by atoms with van der Waals surface area (Å²) in [6.45, 7) is 2.69. The van der Waals surface area contributed by atoms with E-state index in [4.69, 9.17) is 9.47 Å². The van der Waals surface area contributed by atoms with E-state index >= 15 is 0 Å². The second kappa shape index (κ2) is 7.55. The summed E-state index contributed by atoms with van der Waals surface area (Å²) in [5.74, 6) is 1.02. The summed E-state index contributed by atoms with van der Waals surface area (Å²) in [4.78, 5) is 14.7. The van der Waals surface area contributed by atoms with Gasteiger partial charge >= 0.3 is 6.01 Å². The van der Waals surface area contributed by atoms with Gasteiger partial charge in [-0.3, -0.25) is 0 Å². The van der Waals surface area contributed by atoms with Crippen LogP contribution < -0.4 is 15.1 Å². The summed E-state index contributed by atoms with van der Waals surface area (Å²) >= 11 is 0. The summed E-state index contributed by atoms with van der Waals surface area (Å²) in [6, 6.07) is 6.88. The van der Waals surface area contributed by atoms with Crippen molar-refractivity contribution in [3.05, 3.63) is 29.8 Å². The van der Waals surface area contributed by atoms with Gasteiger partial charge in [-0.05, 0) is 29.8 Å². The Labute approximate surface area is 139 Å². The highest BCUT2D eigenvalue weighted by Gasteiger charge is 2.16. The summed E-state index contributed by atoms with van der Waals surface area (Å²) in [6.07, 6.45) is 1.60. The van der Waals surface area contributed by atoms with Crippen LogP contribution in [-0.4, -0.2) is 59.7 Å². The quantitative estimate of drug-likeness (QED) is 0.614. The number of phenols is 1. The molecule has 1 aromatic heterocycles. The first-order chi connectivity index (χ1) is 11.7. The SMILES string of the molecule is COc1nc(NN=Cc2ccc(O)cc2)nc(N2CCOCC2)n1. The smallest absolute Gasteiger partial charge is 0.322 e. The van der Waals surface area contributed by atoms with Crippen molar-refractivity contribution >= 4 is 18.1 Å². The summed E-state index contributed by atoms with van der Waals surface area (Å²) < 4.78 is 10.5. The molecule has 1 aliphatic rings. The molecule has 2 aromatic rings. The minimum Gasteiger partial charge on any atom is -0.508 e. The minimum absolute atomic E-state index is 0.206. The molecule has 1 aliphatic heterocycles. The van der Waals surface area contributed by atoms with Gasteiger partial charge in [0, 0.05) is 13.1 Å². The lowest BCUT2D eigenvalue weighted by molar-refractivity contribution is 0.122. The van der Waals surface area contributed by atoms with Crippen LogP contribution >= 0.6 is 0 Å². The largest absolute Gasteiger partial charge is 0.508 e. The highest BCUT2D eigenvalue weighted by Crippen LogP contribution is 2.16. The number of methoxy groups -OCH3 is 1. The van der Waals surface area contributed by atoms with Crippen LogP contribution in [0.25, 0.3) is 0 Å². The fraction of sp³-hybridized carbons (Fsp3) is 0.333. The van der Waals surface area contributed by atoms with Crippen molar-refractivity contribution in [3.63, 3.8) is 0 Å². The fourth-order valence-corrected chi connectivity index (χ4v) is 2.12. The van der Waals surface area contributed by atoms with E-state index < -0.39 is 0 Å². The van der Waals surface area contributed by atoms with E-state index in [0.29, 0.717) is 38.2 Å². The van der Waals surface area contributed by atoms with Gasteiger partial charge in [-0.2, -0.15) is 20.1 Å². The lowest BCUT2D eigenvalue weighted by Gasteiger charge is -2.26. The first-order valence-corrected chi connectivity index (χ1v) is 7.45. The molecule has 1 fully saturated rings. The number of aromatic hydroxyl groups is 1. The van der Waals surface area contributed by atoms with E-state index in [1.807, 2.05) is 4.90 Å². The van der Waals surface area contributed by atoms with Crippen LogP contribution in [0.3, 0.4) is 0 Å². The van der Waals surface area contributed by atoms with E-state index in [0.717, 1.165) is 5.56 Å². The molecule has 3 rings (SSSR count). The normalized spacial score (nSPS) is 14.8. The number of anilines is 2. The first kappa shape index (κ1) is 15.9. The van der Waals surface area contributed by atoms with Crippen molar-refractivity contribution < 1.29 is 14.6 Å². The predicted octanol–water partition coefficient (Wildman–Crippen LogP) is 0.868. The Morgan fingerprint density at radius 2 is 1.96 bits per heavy atom. The van der Waals surface area contributed by atoms with Crippen LogP contribution in [0, 0.1) is 0 Å². The molecule has 126 valence electrons. The molecule has 2 heterocycles. The van der Waals surface area contributed by atoms with Gasteiger partial charge in [0.05, 0.1) is 26.5 Å². The Hall–Kier alpha value is -2.94. The van der Waals surface area contributed by atoms with Gasteiger partial charge in [-0.25, -0.2) is 5.43 Å². The van der Waals surface area contributed by atoms with Crippen molar-refractivity contribution in [1.29, 1.82) is 0 Å². The summed E-state index contributed by atoms with van der Waals surface area (Å²) in [5, 5.41) is 13.4. The maximum absolute atomic E-state index is 9.26. The predicted molar refractivity (Wildman–Crippen MR) is 88.7 cm³/mol. The molecular formula is C15H18N6O3. The monoisotopic (exact) mass is 330 g/mol. The number of nitrogens with one attached hydrogen (secondary N) is 1. The molecule has 9 nitrogen and oxygen atoms in total. The molecule has 0 saturated carbocycles. The molecule has 24 heavy (non-hydrogen) atoms. The molecule has 0 aliphatic carbocycles. The standard InChI is InChI=1S/C15H18N6O3/c1-23-15-18-13(17-14(19-15)21-6-8-24-9-7-21)20-16-10-11-2-4-12(22)5-3-11/h2-5,10,22H,6-9H2,1H3,(H,17,18,19,20). The van der Waals surface area contributed by atoms with Gasteiger partial charge in [0.15, 0.2) is 0 Å². The fourth-order valence-electron chi connectivity index (χ4n) is 2.12. The zero-order valence-corrected chi connectivity index (χ0v) is 13.2. The van der Waals surface area contributed by atoms with Crippen LogP contribution in [-0.2, 0) is 4.74 Å². The number of hydrogen-bond donors (Lipinski definition) is 2. The average molecular weight is 330 g/mol. The zero-order chi connectivity index (χ0) is 16.8. The third-order valence-corrected chi connectivity index (χ3v) is 3.35. The number of benzene rings is 1. The lowest BCUT2D eigenvalue weighted by Crippen LogP contribution is -2.37. The Morgan fingerprint density at radius 3 is 2.67 bits per heavy atom. The first-order valence-electron chi connectivity index (χ1n) is 7.45. The highest BCUT2D eigenvalue weighted by molar-refractivity contribution is 5.80. The summed E-state index contributed by atoms with van der Waals surface area (Å²) in [7, 11) is 1.50. The third-order valence-electron chi connectivity index (χ3n) is 3.35. The highest BCUT2D eigenvalue weighted by atomic mass is 16.5. The van der Waals surface area contributed by atoms with Crippen LogP contribution in [0.2, 0.25) is 0 Å². The molecule has 9 heteroatoms. The van der Waals surface area contributed by atoms with Crippen molar-refractivity contribution in [2.75, 3.05) is 43.7 Å². The van der Waals surface area contributed by atoms with Crippen LogP contribution in [0.5, 0.6) is 11.8 Å². The van der Waals surface area contributed by atoms with E-state index in [2.05, 4.69) is 25.5 Å². The Kier molecular flexibility index (Phi) is 5.02. The molecular weight excluding hydrogens is 312 g/mol. The molecule has 0 unspecified atom stereocenters. The molecule has 0 spiro atoms. The van der Waals surface area contributed by atoms with Crippen molar-refractivity contribution in [1.82, 2.24) is 15.0 Å². The number of nitrogens with zero attached hydrogens (tertiary/aromatic N) is 5. The van der Waals surface area contributed by atoms with E-state index in [1.54, 1.807) is 30.5 Å². The number of phenolic OH excluding ortho intramolecular Hbond substituents is 1. The van der Waals surface area contributed by atoms with Crippen LogP contribution in [0.15, 0.2) is 29.4 Å². The molecule has 0 radical (unpaired) electrons. The van der Waals surface area contributed by atoms with Gasteiger partial charge in [0.25, 0.3) is 5.95 Å². The lowest BCUT2D eigenvalue weighted by atomic mass is 10.2. The molecule has 1 aromatic carbocycles. The Balaban J connectivity index is 1.73. The van der Waals surface area contributed by atoms with Crippen LogP contribution in [0.4, 0.5) is 11.9 Å². The molecule has 0 bridgehead atoms. The number of morpholine rings is 1. The van der Waals surface area contributed by atoms with Crippen molar-refractivity contribution in [3.8, 4) is 11.8 Å². The number of hydrazone groups is 1. The summed E-state index contributed by atoms with van der Waals surface area (Å²) in [5.41, 5.74) is 3.60. The second-order valence-electron chi connectivity index (χ2n) is 5.01. The van der Waals surface area contributed by atoms with E-state index in [1.165, 1.54) is 7.11 Å². The van der Waals surface area contributed by atoms with Gasteiger partial charge in [0.1, 0.15) is 5.75 Å². The molecule has 0 amide bonds. The van der Waals surface area contributed by atoms with Gasteiger partial charge in [-0.1, -0.05) is 0 Å². The van der Waals surface area contributed by atoms with E-state index in [-0.39, 0.29) is 11.8 Å². The maximum atomic E-state index is 9.26. The number of hydrogen-bond acceptors (Lipinski definition) is 9. The molecule has 0 atom stereocenters. The number of ether oxygens (including phenoxy) is 2. The van der Waals surface area contributed by atoms with E-state index in [9.17, 15) is 5.11 Å². The average Bonchev–Trinajstić information content (AvgIpc) is 2.64. The topological polar surface area (TPSA) is 105 Å². The van der Waals surface area contributed by atoms with Gasteiger partial charge < -0.3 is 19.5 Å². The minimum atomic E-state index is 0.206. The molecule has 2 N–H and O–H groups in total. The Morgan fingerprint density at radius 1 is 1.21 bits per heavy atom. The number of rotatable bonds is 5. The van der Waals surface area contributed by atoms with Gasteiger partial charge in [-0.15, -0.1) is 0 Å². The van der Waals surface area contributed by atoms with Gasteiger partial charge in [0.2, 0.25) is 5.95 Å². The molecule has 1 saturated heterocycles. The third kappa shape index (κ3) is 4.07. The number of aromatic nitrogens is 3. The van der Waals surface area contributed by atoms with Crippen molar-refractivity contribution in [2.24, 2.45) is 5.10 Å². The van der Waals surface area contributed by atoms with Crippen molar-refractivity contribution in [2.45, 2.75) is 0 Å². The second-order valence-corrected chi connectivity index (χ2v) is 5.01. The van der Waals surface area contributed by atoms with Crippen LogP contribution in [0.1, 0.15) is 5.56 Å².